The Labute approximate surface area is 153 Å². The molecule has 3 fully saturated rings. The lowest BCUT2D eigenvalue weighted by Crippen LogP contribution is -2.51. The Bertz CT molecular complexity index is 415. The normalized spacial score (nSPS) is 31.0. The van der Waals surface area contributed by atoms with Crippen LogP contribution in [0, 0.1) is 5.92 Å². The van der Waals surface area contributed by atoms with E-state index in [1.807, 2.05) is 4.90 Å². The number of hydrogen-bond donors (Lipinski definition) is 0. The van der Waals surface area contributed by atoms with Crippen molar-refractivity contribution in [1.82, 2.24) is 14.7 Å². The van der Waals surface area contributed by atoms with Gasteiger partial charge in [-0.15, -0.1) is 0 Å². The third-order valence-corrected chi connectivity index (χ3v) is 6.05. The van der Waals surface area contributed by atoms with Crippen molar-refractivity contribution in [2.24, 2.45) is 5.92 Å². The molecule has 25 heavy (non-hydrogen) atoms. The molecule has 0 aromatic heterocycles. The van der Waals surface area contributed by atoms with Gasteiger partial charge in [0.15, 0.2) is 0 Å². The second kappa shape index (κ2) is 9.33. The van der Waals surface area contributed by atoms with Crippen molar-refractivity contribution >= 4 is 5.91 Å². The van der Waals surface area contributed by atoms with Gasteiger partial charge in [-0.1, -0.05) is 19.3 Å². The Kier molecular flexibility index (Phi) is 7.14. The van der Waals surface area contributed by atoms with Crippen LogP contribution in [0.1, 0.15) is 52.4 Å². The van der Waals surface area contributed by atoms with E-state index in [9.17, 15) is 4.79 Å². The fraction of sp³-hybridized carbons (Fsp3) is 0.950. The topological polar surface area (TPSA) is 36.0 Å². The van der Waals surface area contributed by atoms with Crippen LogP contribution in [0.15, 0.2) is 0 Å². The van der Waals surface area contributed by atoms with Crippen LogP contribution in [0.5, 0.6) is 0 Å². The van der Waals surface area contributed by atoms with Crippen LogP contribution in [0.3, 0.4) is 0 Å². The third kappa shape index (κ3) is 5.93. The van der Waals surface area contributed by atoms with Gasteiger partial charge in [0, 0.05) is 32.7 Å². The standard InChI is InChI=1S/C20H37N3O2/c1-17-13-23(14-18(2)25-17)20(24)16-22-10-6-9-21(11-12-22)15-19-7-4-3-5-8-19/h17-19H,3-16H2,1-2H3. The molecule has 2 aliphatic heterocycles. The fourth-order valence-electron chi connectivity index (χ4n) is 4.77. The molecule has 0 spiro atoms. The number of hydrogen-bond acceptors (Lipinski definition) is 4. The SMILES string of the molecule is CC1CN(C(=O)CN2CCCN(CC3CCCCC3)CC2)CC(C)O1. The minimum absolute atomic E-state index is 0.155. The predicted molar refractivity (Wildman–Crippen MR) is 101 cm³/mol. The van der Waals surface area contributed by atoms with E-state index >= 15 is 0 Å². The maximum atomic E-state index is 12.7. The van der Waals surface area contributed by atoms with Crippen LogP contribution < -0.4 is 0 Å². The average molecular weight is 352 g/mol. The summed E-state index contributed by atoms with van der Waals surface area (Å²) in [6, 6.07) is 0. The summed E-state index contributed by atoms with van der Waals surface area (Å²) >= 11 is 0. The second-order valence-electron chi connectivity index (χ2n) is 8.49. The first-order chi connectivity index (χ1) is 12.1. The van der Waals surface area contributed by atoms with Gasteiger partial charge in [-0.3, -0.25) is 9.69 Å². The Morgan fingerprint density at radius 2 is 1.52 bits per heavy atom. The molecule has 0 aromatic rings. The van der Waals surface area contributed by atoms with Crippen molar-refractivity contribution in [2.75, 3.05) is 52.4 Å². The summed E-state index contributed by atoms with van der Waals surface area (Å²) in [5, 5.41) is 0. The molecule has 2 heterocycles. The van der Waals surface area contributed by atoms with Crippen molar-refractivity contribution in [3.8, 4) is 0 Å². The number of ether oxygens (including phenoxy) is 1. The van der Waals surface area contributed by atoms with E-state index in [-0.39, 0.29) is 18.1 Å². The maximum absolute atomic E-state index is 12.7. The molecule has 2 atom stereocenters. The summed E-state index contributed by atoms with van der Waals surface area (Å²) in [6.45, 7) is 11.9. The van der Waals surface area contributed by atoms with Crippen LogP contribution in [-0.2, 0) is 9.53 Å². The average Bonchev–Trinajstić information content (AvgIpc) is 2.80. The number of morpholine rings is 1. The van der Waals surface area contributed by atoms with Gasteiger partial charge in [-0.25, -0.2) is 0 Å². The zero-order valence-electron chi connectivity index (χ0n) is 16.3. The molecule has 5 nitrogen and oxygen atoms in total. The molecule has 0 radical (unpaired) electrons. The summed E-state index contributed by atoms with van der Waals surface area (Å²) in [4.78, 5) is 19.7. The van der Waals surface area contributed by atoms with Crippen LogP contribution in [-0.4, -0.2) is 85.2 Å². The molecule has 0 N–H and O–H groups in total. The van der Waals surface area contributed by atoms with Crippen LogP contribution in [0.4, 0.5) is 0 Å². The van der Waals surface area contributed by atoms with E-state index in [2.05, 4.69) is 23.6 Å². The van der Waals surface area contributed by atoms with E-state index in [1.165, 1.54) is 51.6 Å². The van der Waals surface area contributed by atoms with Gasteiger partial charge >= 0.3 is 0 Å². The lowest BCUT2D eigenvalue weighted by molar-refractivity contribution is -0.144. The van der Waals surface area contributed by atoms with Crippen molar-refractivity contribution in [2.45, 2.75) is 64.6 Å². The van der Waals surface area contributed by atoms with E-state index in [0.29, 0.717) is 6.54 Å². The van der Waals surface area contributed by atoms with Gasteiger partial charge in [-0.05, 0) is 52.1 Å². The number of carbonyl (C=O) groups is 1. The van der Waals surface area contributed by atoms with E-state index in [1.54, 1.807) is 0 Å². The highest BCUT2D eigenvalue weighted by molar-refractivity contribution is 5.78. The highest BCUT2D eigenvalue weighted by Gasteiger charge is 2.27. The zero-order chi connectivity index (χ0) is 17.6. The summed E-state index contributed by atoms with van der Waals surface area (Å²) in [5.74, 6) is 1.20. The lowest BCUT2D eigenvalue weighted by Gasteiger charge is -2.36. The number of carbonyl (C=O) groups excluding carboxylic acids is 1. The molecule has 0 aromatic carbocycles. The zero-order valence-corrected chi connectivity index (χ0v) is 16.3. The Balaban J connectivity index is 1.42. The molecule has 1 aliphatic carbocycles. The van der Waals surface area contributed by atoms with Gasteiger partial charge < -0.3 is 14.5 Å². The second-order valence-corrected chi connectivity index (χ2v) is 8.49. The first-order valence-electron chi connectivity index (χ1n) is 10.5. The number of rotatable bonds is 4. The van der Waals surface area contributed by atoms with E-state index in [4.69, 9.17) is 4.74 Å². The fourth-order valence-corrected chi connectivity index (χ4v) is 4.77. The van der Waals surface area contributed by atoms with Crippen LogP contribution in [0.25, 0.3) is 0 Å². The summed E-state index contributed by atoms with van der Waals surface area (Å²) in [5.41, 5.74) is 0. The number of amides is 1. The van der Waals surface area contributed by atoms with E-state index in [0.717, 1.165) is 38.6 Å². The maximum Gasteiger partial charge on any atom is 0.236 e. The summed E-state index contributed by atoms with van der Waals surface area (Å²) < 4.78 is 5.75. The lowest BCUT2D eigenvalue weighted by atomic mass is 9.89. The largest absolute Gasteiger partial charge is 0.372 e. The summed E-state index contributed by atoms with van der Waals surface area (Å²) in [6.07, 6.45) is 8.63. The molecule has 1 amide bonds. The minimum Gasteiger partial charge on any atom is -0.372 e. The number of nitrogens with zero attached hydrogens (tertiary/aromatic N) is 3. The van der Waals surface area contributed by atoms with Gasteiger partial charge in [0.05, 0.1) is 18.8 Å². The predicted octanol–water partition coefficient (Wildman–Crippen LogP) is 2.21. The molecule has 0 bridgehead atoms. The minimum atomic E-state index is 0.155. The first-order valence-corrected chi connectivity index (χ1v) is 10.5. The molecule has 5 heteroatoms. The monoisotopic (exact) mass is 351 g/mol. The van der Waals surface area contributed by atoms with Gasteiger partial charge in [0.1, 0.15) is 0 Å². The van der Waals surface area contributed by atoms with Crippen molar-refractivity contribution in [3.63, 3.8) is 0 Å². The third-order valence-electron chi connectivity index (χ3n) is 6.05. The quantitative estimate of drug-likeness (QED) is 0.778. The molecule has 1 saturated carbocycles. The highest BCUT2D eigenvalue weighted by atomic mass is 16.5. The smallest absolute Gasteiger partial charge is 0.236 e. The summed E-state index contributed by atoms with van der Waals surface area (Å²) in [7, 11) is 0. The van der Waals surface area contributed by atoms with Crippen LogP contribution >= 0.6 is 0 Å². The van der Waals surface area contributed by atoms with Crippen molar-refractivity contribution in [3.05, 3.63) is 0 Å². The Hall–Kier alpha value is -0.650. The molecular formula is C20H37N3O2. The van der Waals surface area contributed by atoms with Crippen molar-refractivity contribution < 1.29 is 9.53 Å². The molecular weight excluding hydrogens is 314 g/mol. The van der Waals surface area contributed by atoms with E-state index < -0.39 is 0 Å². The molecule has 2 unspecified atom stereocenters. The molecule has 2 saturated heterocycles. The van der Waals surface area contributed by atoms with Gasteiger partial charge in [0.25, 0.3) is 0 Å². The Morgan fingerprint density at radius 3 is 2.24 bits per heavy atom. The van der Waals surface area contributed by atoms with Gasteiger partial charge in [-0.2, -0.15) is 0 Å². The Morgan fingerprint density at radius 1 is 0.880 bits per heavy atom. The molecule has 3 aliphatic rings. The first kappa shape index (κ1) is 19.1. The molecule has 144 valence electrons. The highest BCUT2D eigenvalue weighted by Crippen LogP contribution is 2.24. The van der Waals surface area contributed by atoms with Crippen molar-refractivity contribution in [1.29, 1.82) is 0 Å². The van der Waals surface area contributed by atoms with Gasteiger partial charge in [0.2, 0.25) is 5.91 Å². The molecule has 3 rings (SSSR count). The van der Waals surface area contributed by atoms with Crippen LogP contribution in [0.2, 0.25) is 0 Å².